The van der Waals surface area contributed by atoms with E-state index in [1.807, 2.05) is 32.0 Å². The van der Waals surface area contributed by atoms with Gasteiger partial charge < -0.3 is 10.1 Å². The molecule has 1 aromatic heterocycles. The SMILES string of the molecule is CC(C)Oc1cccc(CNc2nncs2)c1. The number of benzene rings is 1. The maximum absolute atomic E-state index is 5.64. The van der Waals surface area contributed by atoms with Crippen LogP contribution in [0.2, 0.25) is 0 Å². The lowest BCUT2D eigenvalue weighted by molar-refractivity contribution is 0.242. The van der Waals surface area contributed by atoms with Gasteiger partial charge in [-0.1, -0.05) is 23.5 Å². The molecule has 90 valence electrons. The maximum atomic E-state index is 5.64. The van der Waals surface area contributed by atoms with Crippen LogP contribution in [0, 0.1) is 0 Å². The average molecular weight is 249 g/mol. The highest BCUT2D eigenvalue weighted by Crippen LogP contribution is 2.16. The second kappa shape index (κ2) is 5.63. The number of hydrogen-bond acceptors (Lipinski definition) is 5. The van der Waals surface area contributed by atoms with E-state index in [0.29, 0.717) is 0 Å². The molecule has 2 aromatic rings. The molecule has 0 aliphatic rings. The van der Waals surface area contributed by atoms with Gasteiger partial charge in [0.15, 0.2) is 0 Å². The van der Waals surface area contributed by atoms with E-state index in [4.69, 9.17) is 4.74 Å². The molecule has 0 atom stereocenters. The molecular weight excluding hydrogens is 234 g/mol. The Morgan fingerprint density at radius 1 is 1.41 bits per heavy atom. The Bertz CT molecular complexity index is 457. The fourth-order valence-electron chi connectivity index (χ4n) is 1.43. The average Bonchev–Trinajstić information content (AvgIpc) is 2.79. The summed E-state index contributed by atoms with van der Waals surface area (Å²) in [6, 6.07) is 8.05. The molecule has 0 saturated heterocycles. The van der Waals surface area contributed by atoms with Crippen LogP contribution in [0.15, 0.2) is 29.8 Å². The summed E-state index contributed by atoms with van der Waals surface area (Å²) in [7, 11) is 0. The van der Waals surface area contributed by atoms with Gasteiger partial charge in [-0.3, -0.25) is 0 Å². The van der Waals surface area contributed by atoms with Crippen molar-refractivity contribution >= 4 is 16.5 Å². The Balaban J connectivity index is 1.96. The smallest absolute Gasteiger partial charge is 0.205 e. The zero-order chi connectivity index (χ0) is 12.1. The molecule has 1 heterocycles. The van der Waals surface area contributed by atoms with Crippen LogP contribution in [-0.4, -0.2) is 16.3 Å². The summed E-state index contributed by atoms with van der Waals surface area (Å²) in [5.74, 6) is 0.900. The maximum Gasteiger partial charge on any atom is 0.205 e. The van der Waals surface area contributed by atoms with Crippen molar-refractivity contribution in [1.82, 2.24) is 10.2 Å². The zero-order valence-electron chi connectivity index (χ0n) is 9.88. The van der Waals surface area contributed by atoms with Gasteiger partial charge in [0, 0.05) is 6.54 Å². The van der Waals surface area contributed by atoms with Gasteiger partial charge in [0.1, 0.15) is 11.3 Å². The van der Waals surface area contributed by atoms with E-state index in [0.717, 1.165) is 17.4 Å². The lowest BCUT2D eigenvalue weighted by Crippen LogP contribution is -2.06. The molecule has 4 nitrogen and oxygen atoms in total. The van der Waals surface area contributed by atoms with Crippen molar-refractivity contribution in [1.29, 1.82) is 0 Å². The molecule has 0 fully saturated rings. The number of nitrogens with one attached hydrogen (secondary N) is 1. The number of aromatic nitrogens is 2. The molecule has 2 rings (SSSR count). The molecule has 5 heteroatoms. The third kappa shape index (κ3) is 3.71. The van der Waals surface area contributed by atoms with Gasteiger partial charge in [-0.25, -0.2) is 0 Å². The van der Waals surface area contributed by atoms with Crippen molar-refractivity contribution in [2.75, 3.05) is 5.32 Å². The molecule has 0 amide bonds. The number of nitrogens with zero attached hydrogens (tertiary/aromatic N) is 2. The Kier molecular flexibility index (Phi) is 3.93. The van der Waals surface area contributed by atoms with Gasteiger partial charge in [-0.05, 0) is 31.5 Å². The molecule has 1 aromatic carbocycles. The Morgan fingerprint density at radius 3 is 3.00 bits per heavy atom. The predicted octanol–water partition coefficient (Wildman–Crippen LogP) is 2.94. The van der Waals surface area contributed by atoms with Crippen molar-refractivity contribution in [3.63, 3.8) is 0 Å². The van der Waals surface area contributed by atoms with E-state index < -0.39 is 0 Å². The van der Waals surface area contributed by atoms with Gasteiger partial charge in [-0.15, -0.1) is 10.2 Å². The van der Waals surface area contributed by atoms with E-state index in [1.165, 1.54) is 16.9 Å². The Hall–Kier alpha value is -1.62. The van der Waals surface area contributed by atoms with E-state index in [-0.39, 0.29) is 6.10 Å². The summed E-state index contributed by atoms with van der Waals surface area (Å²) in [4.78, 5) is 0. The zero-order valence-corrected chi connectivity index (χ0v) is 10.7. The second-order valence-electron chi connectivity index (χ2n) is 3.91. The highest BCUT2D eigenvalue weighted by Gasteiger charge is 2.00. The first-order valence-corrected chi connectivity index (χ1v) is 6.37. The largest absolute Gasteiger partial charge is 0.491 e. The van der Waals surface area contributed by atoms with E-state index in [2.05, 4.69) is 21.6 Å². The topological polar surface area (TPSA) is 47.0 Å². The van der Waals surface area contributed by atoms with Gasteiger partial charge >= 0.3 is 0 Å². The predicted molar refractivity (Wildman–Crippen MR) is 69.4 cm³/mol. The standard InChI is InChI=1S/C12H15N3OS/c1-9(2)16-11-5-3-4-10(6-11)7-13-12-15-14-8-17-12/h3-6,8-9H,7H2,1-2H3,(H,13,15). The molecule has 0 bridgehead atoms. The first-order valence-electron chi connectivity index (χ1n) is 5.49. The summed E-state index contributed by atoms with van der Waals surface area (Å²) in [6.07, 6.45) is 0.196. The van der Waals surface area contributed by atoms with Gasteiger partial charge in [0.25, 0.3) is 0 Å². The molecule has 0 saturated carbocycles. The van der Waals surface area contributed by atoms with Crippen LogP contribution in [-0.2, 0) is 6.54 Å². The van der Waals surface area contributed by atoms with Crippen LogP contribution in [0.25, 0.3) is 0 Å². The quantitative estimate of drug-likeness (QED) is 0.885. The molecule has 17 heavy (non-hydrogen) atoms. The number of hydrogen-bond donors (Lipinski definition) is 1. The highest BCUT2D eigenvalue weighted by molar-refractivity contribution is 7.13. The minimum atomic E-state index is 0.196. The molecule has 0 aliphatic heterocycles. The fourth-order valence-corrected chi connectivity index (χ4v) is 1.87. The van der Waals surface area contributed by atoms with Crippen LogP contribution >= 0.6 is 11.3 Å². The normalized spacial score (nSPS) is 10.5. The molecule has 0 spiro atoms. The van der Waals surface area contributed by atoms with Crippen molar-refractivity contribution in [2.24, 2.45) is 0 Å². The third-order valence-electron chi connectivity index (χ3n) is 2.07. The summed E-state index contributed by atoms with van der Waals surface area (Å²) >= 11 is 1.49. The van der Waals surface area contributed by atoms with Gasteiger partial charge in [0.2, 0.25) is 5.13 Å². The number of ether oxygens (including phenoxy) is 1. The van der Waals surface area contributed by atoms with Crippen LogP contribution in [0.3, 0.4) is 0 Å². The van der Waals surface area contributed by atoms with Crippen LogP contribution in [0.1, 0.15) is 19.4 Å². The van der Waals surface area contributed by atoms with Crippen LogP contribution < -0.4 is 10.1 Å². The molecule has 0 radical (unpaired) electrons. The summed E-state index contributed by atoms with van der Waals surface area (Å²) < 4.78 is 5.64. The van der Waals surface area contributed by atoms with E-state index in [1.54, 1.807) is 5.51 Å². The van der Waals surface area contributed by atoms with Crippen LogP contribution in [0.5, 0.6) is 5.75 Å². The summed E-state index contributed by atoms with van der Waals surface area (Å²) in [6.45, 7) is 4.77. The molecule has 0 aliphatic carbocycles. The second-order valence-corrected chi connectivity index (χ2v) is 4.74. The minimum absolute atomic E-state index is 0.196. The number of rotatable bonds is 5. The number of anilines is 1. The molecular formula is C12H15N3OS. The van der Waals surface area contributed by atoms with Gasteiger partial charge in [-0.2, -0.15) is 0 Å². The monoisotopic (exact) mass is 249 g/mol. The first kappa shape index (κ1) is 11.9. The lowest BCUT2D eigenvalue weighted by atomic mass is 10.2. The van der Waals surface area contributed by atoms with Crippen molar-refractivity contribution in [3.8, 4) is 5.75 Å². The highest BCUT2D eigenvalue weighted by atomic mass is 32.1. The molecule has 0 unspecified atom stereocenters. The molecule has 1 N–H and O–H groups in total. The van der Waals surface area contributed by atoms with E-state index >= 15 is 0 Å². The summed E-state index contributed by atoms with van der Waals surface area (Å²) in [5.41, 5.74) is 2.87. The van der Waals surface area contributed by atoms with Crippen molar-refractivity contribution in [3.05, 3.63) is 35.3 Å². The van der Waals surface area contributed by atoms with Crippen LogP contribution in [0.4, 0.5) is 5.13 Å². The summed E-state index contributed by atoms with van der Waals surface area (Å²) in [5, 5.41) is 11.7. The third-order valence-corrected chi connectivity index (χ3v) is 2.72. The van der Waals surface area contributed by atoms with E-state index in [9.17, 15) is 0 Å². The minimum Gasteiger partial charge on any atom is -0.491 e. The Labute approximate surface area is 105 Å². The van der Waals surface area contributed by atoms with Crippen molar-refractivity contribution < 1.29 is 4.74 Å². The van der Waals surface area contributed by atoms with Gasteiger partial charge in [0.05, 0.1) is 6.10 Å². The fraction of sp³-hybridized carbons (Fsp3) is 0.333. The first-order chi connectivity index (χ1) is 8.24. The van der Waals surface area contributed by atoms with Crippen molar-refractivity contribution in [2.45, 2.75) is 26.5 Å². The Morgan fingerprint density at radius 2 is 2.29 bits per heavy atom. The lowest BCUT2D eigenvalue weighted by Gasteiger charge is -2.11.